The Hall–Kier alpha value is -1.85. The van der Waals surface area contributed by atoms with Gasteiger partial charge in [-0.1, -0.05) is 6.07 Å². The summed E-state index contributed by atoms with van der Waals surface area (Å²) in [7, 11) is 0. The number of hydrogen-bond donors (Lipinski definition) is 1. The number of alkyl halides is 2. The lowest BCUT2D eigenvalue weighted by atomic mass is 10.2. The molecule has 1 heterocycles. The Kier molecular flexibility index (Phi) is 11.0. The van der Waals surface area contributed by atoms with Crippen LogP contribution < -0.4 is 14.8 Å². The van der Waals surface area contributed by atoms with E-state index < -0.39 is 6.61 Å². The van der Waals surface area contributed by atoms with Crippen LogP contribution in [-0.4, -0.2) is 67.6 Å². The quantitative estimate of drug-likeness (QED) is 0.337. The fourth-order valence-electron chi connectivity index (χ4n) is 2.94. The van der Waals surface area contributed by atoms with Gasteiger partial charge in [-0.2, -0.15) is 8.78 Å². The summed E-state index contributed by atoms with van der Waals surface area (Å²) < 4.78 is 35.0. The van der Waals surface area contributed by atoms with Gasteiger partial charge < -0.3 is 24.6 Å². The number of hydrogen-bond acceptors (Lipinski definition) is 4. The van der Waals surface area contributed by atoms with Crippen LogP contribution in [0.5, 0.6) is 11.5 Å². The van der Waals surface area contributed by atoms with Crippen molar-refractivity contribution >= 4 is 35.8 Å². The van der Waals surface area contributed by atoms with Crippen molar-refractivity contribution in [2.75, 3.05) is 39.3 Å². The number of nitrogens with one attached hydrogen (secondary N) is 1. The molecule has 7 nitrogen and oxygen atoms in total. The first-order chi connectivity index (χ1) is 13.4. The van der Waals surface area contributed by atoms with E-state index in [1.807, 2.05) is 11.8 Å². The summed E-state index contributed by atoms with van der Waals surface area (Å²) in [4.78, 5) is 20.1. The molecule has 10 heteroatoms. The van der Waals surface area contributed by atoms with Gasteiger partial charge in [0.1, 0.15) is 0 Å². The van der Waals surface area contributed by atoms with E-state index in [1.165, 1.54) is 6.07 Å². The summed E-state index contributed by atoms with van der Waals surface area (Å²) >= 11 is 0. The molecule has 0 atom stereocenters. The minimum absolute atomic E-state index is 0. The predicted molar refractivity (Wildman–Crippen MR) is 118 cm³/mol. The van der Waals surface area contributed by atoms with E-state index in [4.69, 9.17) is 4.74 Å². The molecule has 1 amide bonds. The molecule has 1 fully saturated rings. The second kappa shape index (κ2) is 12.7. The average Bonchev–Trinajstić information content (AvgIpc) is 2.67. The number of rotatable bonds is 7. The fourth-order valence-corrected chi connectivity index (χ4v) is 2.94. The number of piperazine rings is 1. The van der Waals surface area contributed by atoms with Gasteiger partial charge in [-0.15, -0.1) is 24.0 Å². The van der Waals surface area contributed by atoms with Crippen LogP contribution in [0.4, 0.5) is 8.78 Å². The van der Waals surface area contributed by atoms with Crippen LogP contribution in [0.15, 0.2) is 23.2 Å². The third kappa shape index (κ3) is 7.82. The Morgan fingerprint density at radius 3 is 2.38 bits per heavy atom. The van der Waals surface area contributed by atoms with Gasteiger partial charge >= 0.3 is 6.61 Å². The monoisotopic (exact) mass is 526 g/mol. The van der Waals surface area contributed by atoms with E-state index >= 15 is 0 Å². The molecule has 1 N–H and O–H groups in total. The van der Waals surface area contributed by atoms with Crippen LogP contribution in [0.3, 0.4) is 0 Å². The van der Waals surface area contributed by atoms with Gasteiger partial charge in [-0.05, 0) is 31.5 Å². The SMILES string of the molecule is CCNC(=NCc1ccc(OC(F)F)c(OCC)c1)N1CCN(C(C)=O)CC1.I. The standard InChI is InChI=1S/C19H28F2N4O3.HI/c1-4-22-19(25-10-8-24(9-11-25)14(3)26)23-13-15-6-7-16(28-18(20)21)17(12-15)27-5-2;/h6-7,12,18H,4-5,8-11,13H2,1-3H3,(H,22,23);1H. The summed E-state index contributed by atoms with van der Waals surface area (Å²) in [5.41, 5.74) is 0.822. The summed E-state index contributed by atoms with van der Waals surface area (Å²) in [5.74, 6) is 1.13. The lowest BCUT2D eigenvalue weighted by molar-refractivity contribution is -0.130. The first-order valence-electron chi connectivity index (χ1n) is 9.43. The van der Waals surface area contributed by atoms with Crippen LogP contribution in [0.25, 0.3) is 0 Å². The molecule has 0 radical (unpaired) electrons. The van der Waals surface area contributed by atoms with Crippen molar-refractivity contribution in [3.05, 3.63) is 23.8 Å². The number of amides is 1. The molecule has 1 aromatic carbocycles. The number of ether oxygens (including phenoxy) is 2. The number of carbonyl (C=O) groups is 1. The van der Waals surface area contributed by atoms with E-state index in [9.17, 15) is 13.6 Å². The van der Waals surface area contributed by atoms with Gasteiger partial charge in [0.2, 0.25) is 5.91 Å². The zero-order valence-corrected chi connectivity index (χ0v) is 19.3. The van der Waals surface area contributed by atoms with Crippen LogP contribution in [0, 0.1) is 0 Å². The smallest absolute Gasteiger partial charge is 0.387 e. The second-order valence-electron chi connectivity index (χ2n) is 6.26. The number of guanidine groups is 1. The van der Waals surface area contributed by atoms with E-state index in [1.54, 1.807) is 26.0 Å². The number of halogens is 3. The summed E-state index contributed by atoms with van der Waals surface area (Å²) in [6.45, 7) is 6.60. The van der Waals surface area contributed by atoms with Crippen molar-refractivity contribution < 1.29 is 23.0 Å². The molecule has 1 aliphatic rings. The zero-order valence-electron chi connectivity index (χ0n) is 17.0. The number of aliphatic imine (C=N–C) groups is 1. The predicted octanol–water partition coefficient (Wildman–Crippen LogP) is 2.93. The highest BCUT2D eigenvalue weighted by Gasteiger charge is 2.21. The van der Waals surface area contributed by atoms with Crippen molar-refractivity contribution in [2.45, 2.75) is 33.9 Å². The van der Waals surface area contributed by atoms with Crippen molar-refractivity contribution in [3.8, 4) is 11.5 Å². The molecule has 0 spiro atoms. The Bertz CT molecular complexity index is 683. The Morgan fingerprint density at radius 1 is 1.17 bits per heavy atom. The van der Waals surface area contributed by atoms with Crippen molar-refractivity contribution in [1.29, 1.82) is 0 Å². The van der Waals surface area contributed by atoms with Crippen LogP contribution in [0.1, 0.15) is 26.3 Å². The third-order valence-electron chi connectivity index (χ3n) is 4.29. The van der Waals surface area contributed by atoms with E-state index in [-0.39, 0.29) is 41.4 Å². The highest BCUT2D eigenvalue weighted by Crippen LogP contribution is 2.30. The van der Waals surface area contributed by atoms with Crippen molar-refractivity contribution in [3.63, 3.8) is 0 Å². The molecule has 0 bridgehead atoms. The zero-order chi connectivity index (χ0) is 20.5. The van der Waals surface area contributed by atoms with E-state index in [0.29, 0.717) is 39.3 Å². The van der Waals surface area contributed by atoms with Gasteiger partial charge in [0.25, 0.3) is 0 Å². The molecule has 0 aromatic heterocycles. The Balaban J connectivity index is 0.00000420. The summed E-state index contributed by atoms with van der Waals surface area (Å²) in [6.07, 6.45) is 0. The lowest BCUT2D eigenvalue weighted by Crippen LogP contribution is -2.53. The summed E-state index contributed by atoms with van der Waals surface area (Å²) in [6, 6.07) is 4.84. The van der Waals surface area contributed by atoms with Crippen LogP contribution in [0.2, 0.25) is 0 Å². The topological polar surface area (TPSA) is 66.4 Å². The minimum atomic E-state index is -2.91. The number of carbonyl (C=O) groups excluding carboxylic acids is 1. The molecule has 0 saturated carbocycles. The number of benzene rings is 1. The van der Waals surface area contributed by atoms with Crippen LogP contribution >= 0.6 is 24.0 Å². The van der Waals surface area contributed by atoms with Crippen LogP contribution in [-0.2, 0) is 11.3 Å². The third-order valence-corrected chi connectivity index (χ3v) is 4.29. The normalized spacial score (nSPS) is 14.5. The molecule has 164 valence electrons. The average molecular weight is 526 g/mol. The highest BCUT2D eigenvalue weighted by molar-refractivity contribution is 14.0. The lowest BCUT2D eigenvalue weighted by Gasteiger charge is -2.36. The van der Waals surface area contributed by atoms with Gasteiger partial charge in [0.05, 0.1) is 13.2 Å². The molecule has 1 aliphatic heterocycles. The maximum atomic E-state index is 12.5. The molecular formula is C19H29F2IN4O3. The molecule has 29 heavy (non-hydrogen) atoms. The molecule has 1 aromatic rings. The summed E-state index contributed by atoms with van der Waals surface area (Å²) in [5, 5.41) is 3.26. The minimum Gasteiger partial charge on any atom is -0.490 e. The number of nitrogens with zero attached hydrogens (tertiary/aromatic N) is 3. The van der Waals surface area contributed by atoms with Gasteiger partial charge in [-0.3, -0.25) is 4.79 Å². The maximum absolute atomic E-state index is 12.5. The maximum Gasteiger partial charge on any atom is 0.387 e. The largest absolute Gasteiger partial charge is 0.490 e. The van der Waals surface area contributed by atoms with Crippen molar-refractivity contribution in [2.24, 2.45) is 4.99 Å². The Morgan fingerprint density at radius 2 is 1.83 bits per heavy atom. The molecule has 1 saturated heterocycles. The van der Waals surface area contributed by atoms with Crippen molar-refractivity contribution in [1.82, 2.24) is 15.1 Å². The van der Waals surface area contributed by atoms with E-state index in [2.05, 4.69) is 19.9 Å². The molecule has 0 unspecified atom stereocenters. The first-order valence-corrected chi connectivity index (χ1v) is 9.43. The molecule has 0 aliphatic carbocycles. The fraction of sp³-hybridized carbons (Fsp3) is 0.579. The molecular weight excluding hydrogens is 497 g/mol. The van der Waals surface area contributed by atoms with E-state index in [0.717, 1.165) is 18.1 Å². The highest BCUT2D eigenvalue weighted by atomic mass is 127. The van der Waals surface area contributed by atoms with Gasteiger partial charge in [-0.25, -0.2) is 4.99 Å². The molecule has 2 rings (SSSR count). The van der Waals surface area contributed by atoms with Gasteiger partial charge in [0.15, 0.2) is 17.5 Å². The first kappa shape index (κ1) is 25.2. The Labute approximate surface area is 187 Å². The second-order valence-corrected chi connectivity index (χ2v) is 6.26. The van der Waals surface area contributed by atoms with Gasteiger partial charge in [0, 0.05) is 39.6 Å².